The van der Waals surface area contributed by atoms with Gasteiger partial charge in [0.1, 0.15) is 5.76 Å². The number of aromatic nitrogens is 1. The number of aryl methyl sites for hydroxylation is 1. The molecule has 2 fully saturated rings. The number of amides is 2. The van der Waals surface area contributed by atoms with Gasteiger partial charge in [-0.25, -0.2) is 0 Å². The lowest BCUT2D eigenvalue weighted by molar-refractivity contribution is -0.133. The van der Waals surface area contributed by atoms with Crippen molar-refractivity contribution in [1.82, 2.24) is 15.4 Å². The van der Waals surface area contributed by atoms with Crippen molar-refractivity contribution in [3.05, 3.63) is 17.5 Å². The first kappa shape index (κ1) is 18.9. The average molecular weight is 363 g/mol. The molecule has 0 saturated carbocycles. The Morgan fingerprint density at radius 2 is 1.96 bits per heavy atom. The van der Waals surface area contributed by atoms with E-state index in [0.717, 1.165) is 37.4 Å². The van der Waals surface area contributed by atoms with Gasteiger partial charge >= 0.3 is 0 Å². The lowest BCUT2D eigenvalue weighted by Gasteiger charge is -2.21. The highest BCUT2D eigenvalue weighted by Crippen LogP contribution is 2.20. The SMILES string of the molecule is Cc1cc(C[C@@H]2COC[C@@H]2NC(=O)CCC(=O)N2CCCCCC2)on1. The molecule has 0 radical (unpaired) electrons. The molecule has 0 aromatic carbocycles. The quantitative estimate of drug-likeness (QED) is 0.834. The van der Waals surface area contributed by atoms with E-state index in [1.807, 2.05) is 17.9 Å². The summed E-state index contributed by atoms with van der Waals surface area (Å²) in [7, 11) is 0. The zero-order valence-corrected chi connectivity index (χ0v) is 15.5. The van der Waals surface area contributed by atoms with Crippen LogP contribution in [0.1, 0.15) is 50.0 Å². The maximum atomic E-state index is 12.3. The third kappa shape index (κ3) is 5.30. The Balaban J connectivity index is 1.42. The van der Waals surface area contributed by atoms with Crippen LogP contribution in [-0.2, 0) is 20.7 Å². The molecule has 7 nitrogen and oxygen atoms in total. The fraction of sp³-hybridized carbons (Fsp3) is 0.737. The second-order valence-electron chi connectivity index (χ2n) is 7.41. The van der Waals surface area contributed by atoms with Gasteiger partial charge in [-0.15, -0.1) is 0 Å². The van der Waals surface area contributed by atoms with Crippen LogP contribution in [0.5, 0.6) is 0 Å². The predicted molar refractivity (Wildman–Crippen MR) is 95.5 cm³/mol. The summed E-state index contributed by atoms with van der Waals surface area (Å²) in [4.78, 5) is 26.5. The Hall–Kier alpha value is -1.89. The van der Waals surface area contributed by atoms with Crippen molar-refractivity contribution < 1.29 is 18.8 Å². The maximum absolute atomic E-state index is 12.3. The van der Waals surface area contributed by atoms with Crippen LogP contribution in [0.15, 0.2) is 10.6 Å². The van der Waals surface area contributed by atoms with Crippen LogP contribution in [-0.4, -0.2) is 54.2 Å². The number of hydrogen-bond donors (Lipinski definition) is 1. The van der Waals surface area contributed by atoms with Gasteiger partial charge in [0.15, 0.2) is 0 Å². The van der Waals surface area contributed by atoms with Crippen LogP contribution in [0, 0.1) is 12.8 Å². The van der Waals surface area contributed by atoms with Crippen molar-refractivity contribution in [2.75, 3.05) is 26.3 Å². The fourth-order valence-electron chi connectivity index (χ4n) is 3.71. The predicted octanol–water partition coefficient (Wildman–Crippen LogP) is 1.84. The van der Waals surface area contributed by atoms with E-state index in [-0.39, 0.29) is 36.6 Å². The number of carbonyl (C=O) groups excluding carboxylic acids is 2. The number of rotatable bonds is 6. The molecular formula is C19H29N3O4. The molecule has 2 amide bonds. The summed E-state index contributed by atoms with van der Waals surface area (Å²) >= 11 is 0. The van der Waals surface area contributed by atoms with Crippen molar-refractivity contribution in [1.29, 1.82) is 0 Å². The Morgan fingerprint density at radius 3 is 2.65 bits per heavy atom. The van der Waals surface area contributed by atoms with Crippen LogP contribution in [0.4, 0.5) is 0 Å². The monoisotopic (exact) mass is 363 g/mol. The molecule has 0 spiro atoms. The second kappa shape index (κ2) is 9.16. The van der Waals surface area contributed by atoms with Gasteiger partial charge in [0.05, 0.1) is 24.9 Å². The molecule has 2 aliphatic rings. The van der Waals surface area contributed by atoms with E-state index in [2.05, 4.69) is 10.5 Å². The van der Waals surface area contributed by atoms with Crippen LogP contribution in [0.3, 0.4) is 0 Å². The van der Waals surface area contributed by atoms with Gasteiger partial charge in [0.2, 0.25) is 11.8 Å². The number of ether oxygens (including phenoxy) is 1. The first-order chi connectivity index (χ1) is 12.6. The first-order valence-electron chi connectivity index (χ1n) is 9.69. The normalized spacial score (nSPS) is 23.7. The number of likely N-dealkylation sites (tertiary alicyclic amines) is 1. The number of hydrogen-bond acceptors (Lipinski definition) is 5. The van der Waals surface area contributed by atoms with Gasteiger partial charge in [-0.1, -0.05) is 18.0 Å². The second-order valence-corrected chi connectivity index (χ2v) is 7.41. The molecule has 3 heterocycles. The van der Waals surface area contributed by atoms with Gasteiger partial charge in [-0.2, -0.15) is 0 Å². The van der Waals surface area contributed by atoms with E-state index in [0.29, 0.717) is 19.6 Å². The molecule has 2 saturated heterocycles. The fourth-order valence-corrected chi connectivity index (χ4v) is 3.71. The Bertz CT molecular complexity index is 608. The minimum Gasteiger partial charge on any atom is -0.379 e. The zero-order chi connectivity index (χ0) is 18.4. The minimum atomic E-state index is -0.0811. The minimum absolute atomic E-state index is 0.0406. The standard InChI is InChI=1S/C19H29N3O4/c1-14-10-16(26-21-14)11-15-12-25-13-17(15)20-18(23)6-7-19(24)22-8-4-2-3-5-9-22/h10,15,17H,2-9,11-13H2,1H3,(H,20,23)/t15-,17+/m1/s1. The molecule has 0 unspecified atom stereocenters. The highest BCUT2D eigenvalue weighted by molar-refractivity contribution is 5.84. The summed E-state index contributed by atoms with van der Waals surface area (Å²) in [6, 6.07) is 1.87. The van der Waals surface area contributed by atoms with Crippen LogP contribution in [0.25, 0.3) is 0 Å². The Kier molecular flexibility index (Phi) is 6.66. The molecule has 26 heavy (non-hydrogen) atoms. The molecule has 0 bridgehead atoms. The van der Waals surface area contributed by atoms with Crippen molar-refractivity contribution >= 4 is 11.8 Å². The van der Waals surface area contributed by atoms with Crippen LogP contribution >= 0.6 is 0 Å². The molecule has 1 aromatic heterocycles. The topological polar surface area (TPSA) is 84.7 Å². The van der Waals surface area contributed by atoms with E-state index < -0.39 is 0 Å². The third-order valence-electron chi connectivity index (χ3n) is 5.21. The van der Waals surface area contributed by atoms with Gasteiger partial charge in [0, 0.05) is 44.3 Å². The summed E-state index contributed by atoms with van der Waals surface area (Å²) in [5.74, 6) is 1.00. The molecule has 2 atom stereocenters. The molecule has 7 heteroatoms. The van der Waals surface area contributed by atoms with Crippen LogP contribution in [0.2, 0.25) is 0 Å². The van der Waals surface area contributed by atoms with E-state index >= 15 is 0 Å². The summed E-state index contributed by atoms with van der Waals surface area (Å²) in [6.45, 7) is 4.64. The maximum Gasteiger partial charge on any atom is 0.223 e. The third-order valence-corrected chi connectivity index (χ3v) is 5.21. The van der Waals surface area contributed by atoms with Gasteiger partial charge in [0.25, 0.3) is 0 Å². The number of nitrogens with one attached hydrogen (secondary N) is 1. The summed E-state index contributed by atoms with van der Waals surface area (Å²) in [6.07, 6.45) is 5.74. The molecule has 144 valence electrons. The summed E-state index contributed by atoms with van der Waals surface area (Å²) in [5, 5.41) is 6.93. The van der Waals surface area contributed by atoms with E-state index in [1.165, 1.54) is 12.8 Å². The molecule has 2 aliphatic heterocycles. The molecule has 1 N–H and O–H groups in total. The summed E-state index contributed by atoms with van der Waals surface area (Å²) in [5.41, 5.74) is 0.853. The average Bonchev–Trinajstić information content (AvgIpc) is 3.12. The highest BCUT2D eigenvalue weighted by atomic mass is 16.5. The molecular weight excluding hydrogens is 334 g/mol. The van der Waals surface area contributed by atoms with Crippen molar-refractivity contribution in [2.45, 2.75) is 57.9 Å². The smallest absolute Gasteiger partial charge is 0.223 e. The van der Waals surface area contributed by atoms with Crippen molar-refractivity contribution in [2.24, 2.45) is 5.92 Å². The van der Waals surface area contributed by atoms with Gasteiger partial charge in [-0.05, 0) is 19.8 Å². The molecule has 3 rings (SSSR count). The zero-order valence-electron chi connectivity index (χ0n) is 15.5. The lowest BCUT2D eigenvalue weighted by atomic mass is 9.98. The highest BCUT2D eigenvalue weighted by Gasteiger charge is 2.31. The Morgan fingerprint density at radius 1 is 1.19 bits per heavy atom. The van der Waals surface area contributed by atoms with Crippen molar-refractivity contribution in [3.63, 3.8) is 0 Å². The van der Waals surface area contributed by atoms with Crippen LogP contribution < -0.4 is 5.32 Å². The number of carbonyl (C=O) groups is 2. The summed E-state index contributed by atoms with van der Waals surface area (Å²) < 4.78 is 10.8. The van der Waals surface area contributed by atoms with E-state index in [4.69, 9.17) is 9.26 Å². The molecule has 1 aromatic rings. The van der Waals surface area contributed by atoms with Crippen molar-refractivity contribution in [3.8, 4) is 0 Å². The van der Waals surface area contributed by atoms with E-state index in [9.17, 15) is 9.59 Å². The largest absolute Gasteiger partial charge is 0.379 e. The van der Waals surface area contributed by atoms with Gasteiger partial charge < -0.3 is 19.5 Å². The number of nitrogens with zero attached hydrogens (tertiary/aromatic N) is 2. The Labute approximate surface area is 154 Å². The first-order valence-corrected chi connectivity index (χ1v) is 9.69. The molecule has 0 aliphatic carbocycles. The lowest BCUT2D eigenvalue weighted by Crippen LogP contribution is -2.41. The van der Waals surface area contributed by atoms with E-state index in [1.54, 1.807) is 0 Å². The van der Waals surface area contributed by atoms with Gasteiger partial charge in [-0.3, -0.25) is 9.59 Å².